The number of nitrogens with one attached hydrogen (secondary N) is 1. The lowest BCUT2D eigenvalue weighted by atomic mass is 9.90. The highest BCUT2D eigenvalue weighted by atomic mass is 32.2. The maximum absolute atomic E-state index is 12.7. The van der Waals surface area contributed by atoms with Crippen LogP contribution in [0.2, 0.25) is 0 Å². The van der Waals surface area contributed by atoms with Crippen molar-refractivity contribution in [3.63, 3.8) is 0 Å². The summed E-state index contributed by atoms with van der Waals surface area (Å²) in [6.45, 7) is 1.78. The molecule has 5 nitrogen and oxygen atoms in total. The summed E-state index contributed by atoms with van der Waals surface area (Å²) in [5.74, 6) is 1.36. The van der Waals surface area contributed by atoms with Crippen LogP contribution in [0, 0.1) is 0 Å². The Balaban J connectivity index is 1.44. The minimum atomic E-state index is -3.92. The second-order valence-corrected chi connectivity index (χ2v) is 8.55. The van der Waals surface area contributed by atoms with Crippen LogP contribution in [0.1, 0.15) is 17.9 Å². The van der Waals surface area contributed by atoms with E-state index in [4.69, 9.17) is 8.92 Å². The Morgan fingerprint density at radius 1 is 1.00 bits per heavy atom. The van der Waals surface area contributed by atoms with E-state index < -0.39 is 10.1 Å². The largest absolute Gasteiger partial charge is 0.488 e. The number of rotatable bonds is 3. The van der Waals surface area contributed by atoms with Gasteiger partial charge < -0.3 is 14.2 Å². The molecular weight excluding hydrogens is 362 g/mol. The van der Waals surface area contributed by atoms with E-state index in [1.165, 1.54) is 0 Å². The number of hydrogen-bond acceptors (Lipinski definition) is 5. The van der Waals surface area contributed by atoms with E-state index in [0.29, 0.717) is 5.92 Å². The molecule has 2 unspecified atom stereocenters. The lowest BCUT2D eigenvalue weighted by molar-refractivity contribution is 0.176. The van der Waals surface area contributed by atoms with E-state index in [0.717, 1.165) is 41.6 Å². The molecule has 2 aliphatic rings. The second kappa shape index (κ2) is 6.25. The fourth-order valence-corrected chi connectivity index (χ4v) is 4.90. The molecule has 1 N–H and O–H groups in total. The molecule has 5 rings (SSSR count). The van der Waals surface area contributed by atoms with Gasteiger partial charge in [0.05, 0.1) is 0 Å². The Morgan fingerprint density at radius 2 is 1.85 bits per heavy atom. The number of benzene rings is 3. The SMILES string of the molecule is O=S(=O)(Oc1ccc2c(c1)OC1CNCCC21)c1ccc2ccccc2c1. The van der Waals surface area contributed by atoms with Crippen molar-refractivity contribution < 1.29 is 17.3 Å². The average molecular weight is 381 g/mol. The zero-order valence-electron chi connectivity index (χ0n) is 14.6. The standard InChI is InChI=1S/C21H19NO4S/c23-27(24,17-7-5-14-3-1-2-4-15(14)11-17)26-16-6-8-18-19-9-10-22-13-21(19)25-20(18)12-16/h1-8,11-12,19,21-22H,9-10,13H2. The van der Waals surface area contributed by atoms with Gasteiger partial charge in [0, 0.05) is 24.1 Å². The monoisotopic (exact) mass is 381 g/mol. The van der Waals surface area contributed by atoms with Gasteiger partial charge in [-0.1, -0.05) is 36.4 Å². The Kier molecular flexibility index (Phi) is 3.84. The molecule has 0 bridgehead atoms. The van der Waals surface area contributed by atoms with Crippen molar-refractivity contribution in [3.05, 3.63) is 66.2 Å². The first kappa shape index (κ1) is 16.6. The quantitative estimate of drug-likeness (QED) is 0.704. The highest BCUT2D eigenvalue weighted by molar-refractivity contribution is 7.87. The minimum Gasteiger partial charge on any atom is -0.488 e. The van der Waals surface area contributed by atoms with Crippen molar-refractivity contribution in [1.82, 2.24) is 5.32 Å². The van der Waals surface area contributed by atoms with E-state index >= 15 is 0 Å². The molecule has 0 aliphatic carbocycles. The van der Waals surface area contributed by atoms with Crippen molar-refractivity contribution in [2.75, 3.05) is 13.1 Å². The van der Waals surface area contributed by atoms with Gasteiger partial charge >= 0.3 is 10.1 Å². The van der Waals surface area contributed by atoms with Crippen LogP contribution in [0.15, 0.2) is 65.6 Å². The molecule has 27 heavy (non-hydrogen) atoms. The minimum absolute atomic E-state index is 0.112. The molecule has 0 saturated carbocycles. The predicted molar refractivity (Wildman–Crippen MR) is 103 cm³/mol. The van der Waals surface area contributed by atoms with Crippen LogP contribution in [0.3, 0.4) is 0 Å². The maximum atomic E-state index is 12.7. The van der Waals surface area contributed by atoms with Crippen molar-refractivity contribution in [3.8, 4) is 11.5 Å². The highest BCUT2D eigenvalue weighted by Gasteiger charge is 2.36. The molecule has 0 spiro atoms. The van der Waals surface area contributed by atoms with Crippen LogP contribution in [0.25, 0.3) is 10.8 Å². The summed E-state index contributed by atoms with van der Waals surface area (Å²) < 4.78 is 36.8. The van der Waals surface area contributed by atoms with Gasteiger partial charge in [0.1, 0.15) is 22.5 Å². The van der Waals surface area contributed by atoms with Crippen molar-refractivity contribution in [2.24, 2.45) is 0 Å². The van der Waals surface area contributed by atoms with Gasteiger partial charge in [-0.2, -0.15) is 8.42 Å². The number of piperidine rings is 1. The van der Waals surface area contributed by atoms with E-state index in [1.54, 1.807) is 30.3 Å². The Hall–Kier alpha value is -2.57. The van der Waals surface area contributed by atoms with E-state index in [2.05, 4.69) is 5.32 Å². The van der Waals surface area contributed by atoms with Crippen LogP contribution < -0.4 is 14.2 Å². The molecule has 0 radical (unpaired) electrons. The van der Waals surface area contributed by atoms with Crippen molar-refractivity contribution in [2.45, 2.75) is 23.3 Å². The second-order valence-electron chi connectivity index (χ2n) is 7.00. The molecular formula is C21H19NO4S. The zero-order chi connectivity index (χ0) is 18.4. The summed E-state index contributed by atoms with van der Waals surface area (Å²) in [4.78, 5) is 0.139. The van der Waals surface area contributed by atoms with Gasteiger partial charge in [-0.3, -0.25) is 0 Å². The van der Waals surface area contributed by atoms with Crippen LogP contribution in [-0.2, 0) is 10.1 Å². The highest BCUT2D eigenvalue weighted by Crippen LogP contribution is 2.43. The van der Waals surface area contributed by atoms with E-state index in [1.807, 2.05) is 30.3 Å². The number of fused-ring (bicyclic) bond motifs is 4. The lowest BCUT2D eigenvalue weighted by Gasteiger charge is -2.24. The van der Waals surface area contributed by atoms with Crippen LogP contribution in [0.4, 0.5) is 0 Å². The van der Waals surface area contributed by atoms with E-state index in [9.17, 15) is 8.42 Å². The van der Waals surface area contributed by atoms with E-state index in [-0.39, 0.29) is 16.7 Å². The summed E-state index contributed by atoms with van der Waals surface area (Å²) in [5, 5.41) is 5.17. The Morgan fingerprint density at radius 3 is 2.74 bits per heavy atom. The molecule has 1 fully saturated rings. The molecule has 3 aromatic rings. The van der Waals surface area contributed by atoms with Crippen molar-refractivity contribution in [1.29, 1.82) is 0 Å². The maximum Gasteiger partial charge on any atom is 0.339 e. The van der Waals surface area contributed by atoms with Gasteiger partial charge in [-0.25, -0.2) is 0 Å². The molecule has 3 aromatic carbocycles. The first-order valence-corrected chi connectivity index (χ1v) is 10.5. The summed E-state index contributed by atoms with van der Waals surface area (Å²) in [5.41, 5.74) is 1.14. The average Bonchev–Trinajstić information content (AvgIpc) is 3.05. The molecule has 0 amide bonds. The third-order valence-electron chi connectivity index (χ3n) is 5.30. The molecule has 0 aromatic heterocycles. The third-order valence-corrected chi connectivity index (χ3v) is 6.55. The molecule has 1 saturated heterocycles. The zero-order valence-corrected chi connectivity index (χ0v) is 15.4. The topological polar surface area (TPSA) is 64.6 Å². The first-order valence-electron chi connectivity index (χ1n) is 9.05. The fraction of sp³-hybridized carbons (Fsp3) is 0.238. The first-order chi connectivity index (χ1) is 13.1. The summed E-state index contributed by atoms with van der Waals surface area (Å²) >= 11 is 0. The third kappa shape index (κ3) is 2.95. The molecule has 6 heteroatoms. The van der Waals surface area contributed by atoms with Gasteiger partial charge in [0.25, 0.3) is 0 Å². The van der Waals surface area contributed by atoms with Crippen LogP contribution in [0.5, 0.6) is 11.5 Å². The van der Waals surface area contributed by atoms with Gasteiger partial charge in [-0.15, -0.1) is 0 Å². The van der Waals surface area contributed by atoms with Crippen molar-refractivity contribution >= 4 is 20.9 Å². The van der Waals surface area contributed by atoms with Crippen LogP contribution >= 0.6 is 0 Å². The van der Waals surface area contributed by atoms with Gasteiger partial charge in [0.2, 0.25) is 0 Å². The van der Waals surface area contributed by atoms with Crippen LogP contribution in [-0.4, -0.2) is 27.6 Å². The number of ether oxygens (including phenoxy) is 1. The smallest absolute Gasteiger partial charge is 0.339 e. The molecule has 2 aliphatic heterocycles. The Labute approximate surface area is 158 Å². The van der Waals surface area contributed by atoms with Gasteiger partial charge in [-0.05, 0) is 41.9 Å². The normalized spacial score (nSPS) is 21.3. The summed E-state index contributed by atoms with van der Waals surface area (Å²) in [7, 11) is -3.92. The molecule has 2 heterocycles. The molecule has 138 valence electrons. The van der Waals surface area contributed by atoms with Gasteiger partial charge in [0.15, 0.2) is 0 Å². The summed E-state index contributed by atoms with van der Waals surface area (Å²) in [6.07, 6.45) is 1.13. The summed E-state index contributed by atoms with van der Waals surface area (Å²) in [6, 6.07) is 17.9. The number of hydrogen-bond donors (Lipinski definition) is 1. The lowest BCUT2D eigenvalue weighted by Crippen LogP contribution is -2.39. The Bertz CT molecular complexity index is 1130. The predicted octanol–water partition coefficient (Wildman–Crippen LogP) is 3.45. The molecule has 2 atom stereocenters. The fourth-order valence-electron chi connectivity index (χ4n) is 3.95.